The number of carbonyl (C=O) groups is 2. The highest BCUT2D eigenvalue weighted by Gasteiger charge is 2.21. The van der Waals surface area contributed by atoms with Gasteiger partial charge in [-0.3, -0.25) is 4.79 Å². The van der Waals surface area contributed by atoms with Gasteiger partial charge in [-0.2, -0.15) is 0 Å². The molecule has 0 saturated heterocycles. The number of hydrogen-bond acceptors (Lipinski definition) is 3. The first-order valence-electron chi connectivity index (χ1n) is 8.37. The summed E-state index contributed by atoms with van der Waals surface area (Å²) >= 11 is 1.30. The van der Waals surface area contributed by atoms with Gasteiger partial charge < -0.3 is 5.11 Å². The van der Waals surface area contributed by atoms with Crippen molar-refractivity contribution >= 4 is 23.5 Å². The van der Waals surface area contributed by atoms with Gasteiger partial charge in [-0.25, -0.2) is 9.18 Å². The third-order valence-electron chi connectivity index (χ3n) is 4.10. The third-order valence-corrected chi connectivity index (χ3v) is 5.43. The Morgan fingerprint density at radius 1 is 0.889 bits per heavy atom. The molecule has 3 nitrogen and oxygen atoms in total. The number of hydrogen-bond donors (Lipinski definition) is 1. The number of thioether (sulfide) groups is 1. The van der Waals surface area contributed by atoms with Crippen molar-refractivity contribution in [2.24, 2.45) is 0 Å². The van der Waals surface area contributed by atoms with E-state index in [1.54, 1.807) is 54.6 Å². The van der Waals surface area contributed by atoms with Gasteiger partial charge in [0.25, 0.3) is 0 Å². The molecule has 0 aliphatic heterocycles. The van der Waals surface area contributed by atoms with Crippen LogP contribution in [0.2, 0.25) is 0 Å². The number of aromatic carboxylic acids is 1. The van der Waals surface area contributed by atoms with Gasteiger partial charge in [0.05, 0.1) is 5.56 Å². The van der Waals surface area contributed by atoms with E-state index in [1.165, 1.54) is 30.0 Å². The van der Waals surface area contributed by atoms with E-state index in [9.17, 15) is 19.1 Å². The van der Waals surface area contributed by atoms with E-state index in [0.717, 1.165) is 5.56 Å². The molecule has 3 aromatic rings. The second-order valence-corrected chi connectivity index (χ2v) is 7.20. The van der Waals surface area contributed by atoms with Crippen molar-refractivity contribution in [1.29, 1.82) is 0 Å². The molecule has 27 heavy (non-hydrogen) atoms. The Balaban J connectivity index is 1.92. The van der Waals surface area contributed by atoms with Crippen LogP contribution in [0, 0.1) is 5.82 Å². The van der Waals surface area contributed by atoms with Crippen LogP contribution in [-0.2, 0) is 0 Å². The van der Waals surface area contributed by atoms with Crippen molar-refractivity contribution in [3.05, 3.63) is 101 Å². The molecule has 0 unspecified atom stereocenters. The topological polar surface area (TPSA) is 54.4 Å². The maximum Gasteiger partial charge on any atom is 0.336 e. The minimum Gasteiger partial charge on any atom is -0.478 e. The fourth-order valence-electron chi connectivity index (χ4n) is 2.71. The van der Waals surface area contributed by atoms with Crippen molar-refractivity contribution in [2.75, 3.05) is 0 Å². The minimum absolute atomic E-state index is 0.0507. The van der Waals surface area contributed by atoms with Crippen LogP contribution in [0.1, 0.15) is 38.0 Å². The zero-order chi connectivity index (χ0) is 19.2. The van der Waals surface area contributed by atoms with Crippen LogP contribution in [0.25, 0.3) is 0 Å². The van der Waals surface area contributed by atoms with Crippen LogP contribution in [-0.4, -0.2) is 16.9 Å². The summed E-state index contributed by atoms with van der Waals surface area (Å²) < 4.78 is 13.3. The highest BCUT2D eigenvalue weighted by Crippen LogP contribution is 2.40. The molecule has 0 aromatic heterocycles. The molecule has 0 aliphatic carbocycles. The molecule has 0 spiro atoms. The van der Waals surface area contributed by atoms with E-state index in [1.807, 2.05) is 6.07 Å². The van der Waals surface area contributed by atoms with Gasteiger partial charge in [0.1, 0.15) is 5.82 Å². The Kier molecular flexibility index (Phi) is 6.04. The zero-order valence-corrected chi connectivity index (χ0v) is 15.2. The van der Waals surface area contributed by atoms with Crippen LogP contribution in [0.15, 0.2) is 83.8 Å². The number of carboxylic acids is 1. The molecule has 0 aliphatic rings. The number of rotatable bonds is 7. The smallest absolute Gasteiger partial charge is 0.336 e. The highest BCUT2D eigenvalue weighted by molar-refractivity contribution is 7.99. The van der Waals surface area contributed by atoms with Gasteiger partial charge in [-0.15, -0.1) is 11.8 Å². The standard InChI is InChI=1S/C22H17FO3S/c23-17-12-10-16(11-13-17)21(14-19(24)15-6-2-1-3-7-15)27-20-9-5-4-8-18(20)22(25)26/h1-13,21H,14H2,(H,25,26)/t21-/m0/s1. The van der Waals surface area contributed by atoms with Crippen LogP contribution in [0.5, 0.6) is 0 Å². The van der Waals surface area contributed by atoms with Gasteiger partial charge in [0.15, 0.2) is 5.78 Å². The van der Waals surface area contributed by atoms with Gasteiger partial charge in [0.2, 0.25) is 0 Å². The first-order valence-corrected chi connectivity index (χ1v) is 9.25. The number of ketones is 1. The van der Waals surface area contributed by atoms with Gasteiger partial charge in [-0.1, -0.05) is 54.6 Å². The van der Waals surface area contributed by atoms with Crippen molar-refractivity contribution in [2.45, 2.75) is 16.6 Å². The Morgan fingerprint density at radius 2 is 1.52 bits per heavy atom. The van der Waals surface area contributed by atoms with Gasteiger partial charge in [-0.05, 0) is 29.8 Å². The zero-order valence-electron chi connectivity index (χ0n) is 14.3. The normalized spacial score (nSPS) is 11.7. The van der Waals surface area contributed by atoms with Crippen LogP contribution < -0.4 is 0 Å². The lowest BCUT2D eigenvalue weighted by molar-refractivity contribution is 0.0693. The largest absolute Gasteiger partial charge is 0.478 e. The summed E-state index contributed by atoms with van der Waals surface area (Å²) in [6.07, 6.45) is 0.175. The lowest BCUT2D eigenvalue weighted by Gasteiger charge is -2.18. The molecule has 0 fully saturated rings. The van der Waals surface area contributed by atoms with E-state index in [0.29, 0.717) is 10.5 Å². The fourth-order valence-corrected chi connectivity index (χ4v) is 3.99. The molecule has 3 aromatic carbocycles. The average Bonchev–Trinajstić information content (AvgIpc) is 2.69. The number of Topliss-reactive ketones (excluding diaryl/α,β-unsaturated/α-hetero) is 1. The van der Waals surface area contributed by atoms with Gasteiger partial charge in [0, 0.05) is 22.1 Å². The average molecular weight is 380 g/mol. The van der Waals surface area contributed by atoms with Crippen molar-refractivity contribution < 1.29 is 19.1 Å². The van der Waals surface area contributed by atoms with E-state index in [2.05, 4.69) is 0 Å². The molecule has 5 heteroatoms. The summed E-state index contributed by atoms with van der Waals surface area (Å²) in [5.74, 6) is -1.43. The molecule has 0 saturated carbocycles. The maximum absolute atomic E-state index is 13.3. The lowest BCUT2D eigenvalue weighted by Crippen LogP contribution is -2.07. The Bertz CT molecular complexity index is 939. The van der Waals surface area contributed by atoms with E-state index in [-0.39, 0.29) is 28.8 Å². The fraction of sp³-hybridized carbons (Fsp3) is 0.0909. The second kappa shape index (κ2) is 8.64. The summed E-state index contributed by atoms with van der Waals surface area (Å²) in [7, 11) is 0. The van der Waals surface area contributed by atoms with Crippen LogP contribution in [0.4, 0.5) is 4.39 Å². The van der Waals surface area contributed by atoms with Crippen molar-refractivity contribution in [3.8, 4) is 0 Å². The van der Waals surface area contributed by atoms with Crippen LogP contribution in [0.3, 0.4) is 0 Å². The second-order valence-electron chi connectivity index (χ2n) is 5.95. The molecule has 1 atom stereocenters. The summed E-state index contributed by atoms with van der Waals surface area (Å²) in [6, 6.07) is 21.6. The predicted molar refractivity (Wildman–Crippen MR) is 104 cm³/mol. The summed E-state index contributed by atoms with van der Waals surface area (Å²) in [5.41, 5.74) is 1.55. The Morgan fingerprint density at radius 3 is 2.19 bits per heavy atom. The van der Waals surface area contributed by atoms with Gasteiger partial charge >= 0.3 is 5.97 Å². The van der Waals surface area contributed by atoms with Crippen LogP contribution >= 0.6 is 11.8 Å². The third kappa shape index (κ3) is 4.83. The summed E-state index contributed by atoms with van der Waals surface area (Å²) in [4.78, 5) is 24.8. The first-order chi connectivity index (χ1) is 13.0. The lowest BCUT2D eigenvalue weighted by atomic mass is 10.0. The highest BCUT2D eigenvalue weighted by atomic mass is 32.2. The quantitative estimate of drug-likeness (QED) is 0.426. The number of benzene rings is 3. The molecule has 1 N–H and O–H groups in total. The molecular formula is C22H17FO3S. The monoisotopic (exact) mass is 380 g/mol. The van der Waals surface area contributed by atoms with E-state index in [4.69, 9.17) is 0 Å². The summed E-state index contributed by atoms with van der Waals surface area (Å²) in [6.45, 7) is 0. The molecule has 3 rings (SSSR count). The Hall–Kier alpha value is -2.92. The SMILES string of the molecule is O=C(C[C@H](Sc1ccccc1C(=O)O)c1ccc(F)cc1)c1ccccc1. The Labute approximate surface area is 160 Å². The number of carboxylic acid groups (broad SMARTS) is 1. The minimum atomic E-state index is -1.02. The molecule has 0 radical (unpaired) electrons. The number of halogens is 1. The molecule has 136 valence electrons. The number of carbonyl (C=O) groups excluding carboxylic acids is 1. The van der Waals surface area contributed by atoms with E-state index < -0.39 is 5.97 Å². The van der Waals surface area contributed by atoms with Crippen molar-refractivity contribution in [3.63, 3.8) is 0 Å². The van der Waals surface area contributed by atoms with E-state index >= 15 is 0 Å². The molecule has 0 heterocycles. The summed E-state index contributed by atoms with van der Waals surface area (Å²) in [5, 5.41) is 9.08. The predicted octanol–water partition coefficient (Wildman–Crippen LogP) is 5.63. The molecule has 0 bridgehead atoms. The molecule has 0 amide bonds. The maximum atomic E-state index is 13.3. The molecular weight excluding hydrogens is 363 g/mol. The first kappa shape index (κ1) is 18.9. The van der Waals surface area contributed by atoms with Crippen molar-refractivity contribution in [1.82, 2.24) is 0 Å².